The summed E-state index contributed by atoms with van der Waals surface area (Å²) in [6.45, 7) is 2.65. The van der Waals surface area contributed by atoms with Crippen LogP contribution in [-0.2, 0) is 32.6 Å². The number of benzene rings is 3. The first-order valence-electron chi connectivity index (χ1n) is 12.6. The first kappa shape index (κ1) is 29.2. The van der Waals surface area contributed by atoms with Crippen molar-refractivity contribution < 1.29 is 18.0 Å². The number of anilines is 1. The number of hydrogen-bond donors (Lipinski definition) is 1. The zero-order valence-corrected chi connectivity index (χ0v) is 23.3. The predicted octanol–water partition coefficient (Wildman–Crippen LogP) is 4.66. The number of hydrogen-bond acceptors (Lipinski definition) is 4. The van der Waals surface area contributed by atoms with Crippen LogP contribution in [0.4, 0.5) is 5.69 Å². The zero-order valence-electron chi connectivity index (χ0n) is 21.7. The third kappa shape index (κ3) is 8.60. The van der Waals surface area contributed by atoms with E-state index in [1.165, 1.54) is 4.31 Å². The Morgan fingerprint density at radius 2 is 1.50 bits per heavy atom. The molecule has 3 aromatic carbocycles. The van der Waals surface area contributed by atoms with Crippen LogP contribution in [0.2, 0.25) is 5.02 Å². The molecule has 0 radical (unpaired) electrons. The molecule has 3 rings (SSSR count). The van der Waals surface area contributed by atoms with E-state index in [2.05, 4.69) is 5.32 Å². The summed E-state index contributed by atoms with van der Waals surface area (Å²) in [5.41, 5.74) is 2.32. The minimum Gasteiger partial charge on any atom is -0.355 e. The molecule has 0 aromatic heterocycles. The summed E-state index contributed by atoms with van der Waals surface area (Å²) >= 11 is 6.06. The highest BCUT2D eigenvalue weighted by Crippen LogP contribution is 2.20. The Hall–Kier alpha value is -3.36. The number of halogens is 1. The van der Waals surface area contributed by atoms with E-state index < -0.39 is 16.1 Å². The summed E-state index contributed by atoms with van der Waals surface area (Å²) < 4.78 is 26.2. The first-order chi connectivity index (χ1) is 18.2. The topological polar surface area (TPSA) is 86.8 Å². The van der Waals surface area contributed by atoms with Crippen molar-refractivity contribution in [2.24, 2.45) is 0 Å². The third-order valence-electron chi connectivity index (χ3n) is 6.08. The maximum atomic E-state index is 13.7. The summed E-state index contributed by atoms with van der Waals surface area (Å²) in [6, 6.07) is 24.8. The molecular weight excluding hydrogens is 522 g/mol. The summed E-state index contributed by atoms with van der Waals surface area (Å²) in [7, 11) is -3.53. The van der Waals surface area contributed by atoms with Gasteiger partial charge in [0, 0.05) is 37.5 Å². The molecule has 0 unspecified atom stereocenters. The SMILES string of the molecule is CCNC(=O)[C@@H](Cc1ccccc1)N(Cc1ccc(Cl)cc1)C(=O)CCCN(c1ccccc1)S(C)(=O)=O. The molecule has 0 heterocycles. The first-order valence-corrected chi connectivity index (χ1v) is 14.8. The molecular formula is C29H34ClN3O4S. The standard InChI is InChI=1S/C29H34ClN3O4S/c1-3-31-29(35)27(21-23-11-6-4-7-12-23)32(22-24-16-18-25(30)19-17-24)28(34)15-10-20-33(38(2,36)37)26-13-8-5-9-14-26/h4-9,11-14,16-19,27H,3,10,15,20-22H2,1-2H3,(H,31,35)/t27-/m1/s1. The fourth-order valence-electron chi connectivity index (χ4n) is 4.23. The minimum absolute atomic E-state index is 0.0805. The molecule has 2 amide bonds. The van der Waals surface area contributed by atoms with Gasteiger partial charge in [-0.05, 0) is 48.7 Å². The van der Waals surface area contributed by atoms with Crippen LogP contribution in [0.15, 0.2) is 84.9 Å². The fraction of sp³-hybridized carbons (Fsp3) is 0.310. The van der Waals surface area contributed by atoms with Gasteiger partial charge in [-0.25, -0.2) is 8.42 Å². The zero-order chi connectivity index (χ0) is 27.5. The van der Waals surface area contributed by atoms with Crippen LogP contribution in [0.3, 0.4) is 0 Å². The lowest BCUT2D eigenvalue weighted by atomic mass is 10.0. The lowest BCUT2D eigenvalue weighted by Crippen LogP contribution is -2.50. The van der Waals surface area contributed by atoms with Crippen LogP contribution in [-0.4, -0.2) is 50.5 Å². The van der Waals surface area contributed by atoms with Crippen LogP contribution < -0.4 is 9.62 Å². The minimum atomic E-state index is -3.53. The van der Waals surface area contributed by atoms with E-state index in [4.69, 9.17) is 11.6 Å². The van der Waals surface area contributed by atoms with E-state index >= 15 is 0 Å². The van der Waals surface area contributed by atoms with Crippen LogP contribution in [0.25, 0.3) is 0 Å². The summed E-state index contributed by atoms with van der Waals surface area (Å²) in [5.74, 6) is -0.464. The van der Waals surface area contributed by atoms with Crippen LogP contribution >= 0.6 is 11.6 Å². The molecule has 0 spiro atoms. The van der Waals surface area contributed by atoms with Gasteiger partial charge in [0.25, 0.3) is 0 Å². The Balaban J connectivity index is 1.84. The highest BCUT2D eigenvalue weighted by Gasteiger charge is 2.30. The average molecular weight is 556 g/mol. The number of sulfonamides is 1. The number of likely N-dealkylation sites (N-methyl/N-ethyl adjacent to an activating group) is 1. The maximum absolute atomic E-state index is 13.7. The molecule has 0 aliphatic heterocycles. The molecule has 0 bridgehead atoms. The monoisotopic (exact) mass is 555 g/mol. The van der Waals surface area contributed by atoms with Crippen molar-refractivity contribution in [3.63, 3.8) is 0 Å². The summed E-state index contributed by atoms with van der Waals surface area (Å²) in [6.07, 6.45) is 1.88. The van der Waals surface area contributed by atoms with Crippen molar-refractivity contribution in [1.82, 2.24) is 10.2 Å². The van der Waals surface area contributed by atoms with Gasteiger partial charge in [-0.2, -0.15) is 0 Å². The van der Waals surface area contributed by atoms with Gasteiger partial charge in [0.05, 0.1) is 11.9 Å². The van der Waals surface area contributed by atoms with Crippen molar-refractivity contribution in [2.75, 3.05) is 23.7 Å². The number of amides is 2. The molecule has 7 nitrogen and oxygen atoms in total. The highest BCUT2D eigenvalue weighted by molar-refractivity contribution is 7.92. The average Bonchev–Trinajstić information content (AvgIpc) is 2.90. The summed E-state index contributed by atoms with van der Waals surface area (Å²) in [4.78, 5) is 28.5. The van der Waals surface area contributed by atoms with Crippen LogP contribution in [0.1, 0.15) is 30.9 Å². The lowest BCUT2D eigenvalue weighted by Gasteiger charge is -2.32. The predicted molar refractivity (Wildman–Crippen MR) is 152 cm³/mol. The Labute approximate surface area is 230 Å². The Morgan fingerprint density at radius 3 is 2.08 bits per heavy atom. The van der Waals surface area contributed by atoms with Crippen molar-refractivity contribution in [3.8, 4) is 0 Å². The smallest absolute Gasteiger partial charge is 0.243 e. The van der Waals surface area contributed by atoms with Gasteiger partial charge in [0.2, 0.25) is 21.8 Å². The van der Waals surface area contributed by atoms with Gasteiger partial charge in [-0.1, -0.05) is 72.3 Å². The largest absolute Gasteiger partial charge is 0.355 e. The molecule has 0 fully saturated rings. The van der Waals surface area contributed by atoms with Gasteiger partial charge in [0.1, 0.15) is 6.04 Å². The second-order valence-corrected chi connectivity index (χ2v) is 11.4. The van der Waals surface area contributed by atoms with E-state index in [9.17, 15) is 18.0 Å². The van der Waals surface area contributed by atoms with Crippen molar-refractivity contribution in [2.45, 2.75) is 38.8 Å². The normalized spacial score (nSPS) is 12.0. The molecule has 1 N–H and O–H groups in total. The van der Waals surface area contributed by atoms with E-state index in [0.717, 1.165) is 17.4 Å². The molecule has 0 aliphatic carbocycles. The quantitative estimate of drug-likeness (QED) is 0.332. The van der Waals surface area contributed by atoms with Gasteiger partial charge >= 0.3 is 0 Å². The molecule has 3 aromatic rings. The number of nitrogens with one attached hydrogen (secondary N) is 1. The van der Waals surface area contributed by atoms with Gasteiger partial charge in [0.15, 0.2) is 0 Å². The van der Waals surface area contributed by atoms with E-state index in [-0.39, 0.29) is 31.3 Å². The van der Waals surface area contributed by atoms with Crippen molar-refractivity contribution in [3.05, 3.63) is 101 Å². The molecule has 9 heteroatoms. The molecule has 0 aliphatic rings. The van der Waals surface area contributed by atoms with E-state index in [1.807, 2.05) is 55.5 Å². The van der Waals surface area contributed by atoms with Gasteiger partial charge in [-0.3, -0.25) is 13.9 Å². The Kier molecular flexibility index (Phi) is 10.7. The number of carbonyl (C=O) groups is 2. The molecule has 0 saturated carbocycles. The fourth-order valence-corrected chi connectivity index (χ4v) is 5.32. The number of nitrogens with zero attached hydrogens (tertiary/aromatic N) is 2. The van der Waals surface area contributed by atoms with Gasteiger partial charge in [-0.15, -0.1) is 0 Å². The molecule has 202 valence electrons. The third-order valence-corrected chi connectivity index (χ3v) is 7.53. The summed E-state index contributed by atoms with van der Waals surface area (Å²) in [5, 5.41) is 3.45. The van der Waals surface area contributed by atoms with Crippen LogP contribution in [0, 0.1) is 0 Å². The van der Waals surface area contributed by atoms with Crippen molar-refractivity contribution >= 4 is 39.1 Å². The number of carbonyl (C=O) groups excluding carboxylic acids is 2. The molecule has 38 heavy (non-hydrogen) atoms. The Morgan fingerprint density at radius 1 is 0.895 bits per heavy atom. The Bertz CT molecular complexity index is 1290. The second kappa shape index (κ2) is 14.0. The van der Waals surface area contributed by atoms with E-state index in [1.54, 1.807) is 41.3 Å². The molecule has 1 atom stereocenters. The van der Waals surface area contributed by atoms with Crippen molar-refractivity contribution in [1.29, 1.82) is 0 Å². The molecule has 0 saturated heterocycles. The van der Waals surface area contributed by atoms with E-state index in [0.29, 0.717) is 30.1 Å². The second-order valence-electron chi connectivity index (χ2n) is 9.02. The lowest BCUT2D eigenvalue weighted by molar-refractivity contribution is -0.141. The number of para-hydroxylation sites is 1. The van der Waals surface area contributed by atoms with Crippen LogP contribution in [0.5, 0.6) is 0 Å². The number of rotatable bonds is 13. The van der Waals surface area contributed by atoms with Gasteiger partial charge < -0.3 is 10.2 Å². The highest BCUT2D eigenvalue weighted by atomic mass is 35.5. The maximum Gasteiger partial charge on any atom is 0.243 e.